The Morgan fingerprint density at radius 2 is 1.55 bits per heavy atom. The van der Waals surface area contributed by atoms with Gasteiger partial charge in [0.1, 0.15) is 5.70 Å². The topological polar surface area (TPSA) is 29.4 Å². The molecule has 0 saturated carbocycles. The average molecular weight is 297 g/mol. The first-order chi connectivity index (χ1) is 9.88. The first-order valence-electron chi connectivity index (χ1n) is 6.11. The molecule has 2 aromatic rings. The zero-order chi connectivity index (χ0) is 13.8. The third-order valence-electron chi connectivity index (χ3n) is 2.87. The Morgan fingerprint density at radius 3 is 2.20 bits per heavy atom. The lowest BCUT2D eigenvalue weighted by Crippen LogP contribution is -1.81. The molecule has 1 heterocycles. The molecule has 2 nitrogen and oxygen atoms in total. The van der Waals surface area contributed by atoms with Crippen LogP contribution in [0.2, 0.25) is 0 Å². The molecule has 0 spiro atoms. The highest BCUT2D eigenvalue weighted by Gasteiger charge is 2.19. The Morgan fingerprint density at radius 1 is 0.900 bits per heavy atom. The van der Waals surface area contributed by atoms with Gasteiger partial charge in [-0.05, 0) is 16.1 Å². The van der Waals surface area contributed by atoms with Gasteiger partial charge in [-0.1, -0.05) is 84.2 Å². The molecule has 98 valence electrons. The SMILES string of the molecule is O=N/C(=C1\SC=C(c2ccccc2)S1)c1ccccc1. The van der Waals surface area contributed by atoms with Crippen LogP contribution in [0, 0.1) is 4.91 Å². The van der Waals surface area contributed by atoms with Crippen molar-refractivity contribution in [3.8, 4) is 0 Å². The van der Waals surface area contributed by atoms with Crippen molar-refractivity contribution in [2.75, 3.05) is 0 Å². The Bertz CT molecular complexity index is 678. The quantitative estimate of drug-likeness (QED) is 0.695. The smallest absolute Gasteiger partial charge is 0.135 e. The molecule has 0 bridgehead atoms. The van der Waals surface area contributed by atoms with Gasteiger partial charge in [-0.3, -0.25) is 0 Å². The summed E-state index contributed by atoms with van der Waals surface area (Å²) in [6.07, 6.45) is 0. The second-order valence-corrected chi connectivity index (χ2v) is 6.35. The van der Waals surface area contributed by atoms with E-state index in [4.69, 9.17) is 0 Å². The Kier molecular flexibility index (Phi) is 4.04. The standard InChI is InChI=1S/C16H11NOS2/c18-17-15(13-9-5-2-6-10-13)16-19-11-14(20-16)12-7-3-1-4-8-12/h1-11H/b16-15+. The van der Waals surface area contributed by atoms with Crippen LogP contribution in [-0.2, 0) is 0 Å². The molecule has 0 unspecified atom stereocenters. The van der Waals surface area contributed by atoms with Crippen LogP contribution in [0.3, 0.4) is 0 Å². The molecule has 0 atom stereocenters. The molecule has 0 N–H and O–H groups in total. The largest absolute Gasteiger partial charge is 0.145 e. The lowest BCUT2D eigenvalue weighted by Gasteiger charge is -2.04. The molecule has 0 saturated heterocycles. The molecule has 1 aliphatic rings. The summed E-state index contributed by atoms with van der Waals surface area (Å²) in [4.78, 5) is 12.3. The summed E-state index contributed by atoms with van der Waals surface area (Å²) in [6.45, 7) is 0. The predicted molar refractivity (Wildman–Crippen MR) is 88.8 cm³/mol. The van der Waals surface area contributed by atoms with Gasteiger partial charge in [-0.2, -0.15) is 0 Å². The number of nitroso groups, excluding NO2 is 1. The van der Waals surface area contributed by atoms with Gasteiger partial charge in [-0.15, -0.1) is 4.91 Å². The summed E-state index contributed by atoms with van der Waals surface area (Å²) in [6, 6.07) is 19.7. The number of thioether (sulfide) groups is 2. The zero-order valence-corrected chi connectivity index (χ0v) is 12.2. The van der Waals surface area contributed by atoms with Gasteiger partial charge >= 0.3 is 0 Å². The Labute approximate surface area is 126 Å². The maximum atomic E-state index is 11.2. The summed E-state index contributed by atoms with van der Waals surface area (Å²) in [5.74, 6) is 0. The van der Waals surface area contributed by atoms with Crippen molar-refractivity contribution in [1.82, 2.24) is 0 Å². The van der Waals surface area contributed by atoms with Crippen LogP contribution in [0.4, 0.5) is 0 Å². The van der Waals surface area contributed by atoms with E-state index in [0.717, 1.165) is 14.7 Å². The van der Waals surface area contributed by atoms with Gasteiger partial charge in [0.2, 0.25) is 0 Å². The highest BCUT2D eigenvalue weighted by molar-refractivity contribution is 8.31. The van der Waals surface area contributed by atoms with Crippen molar-refractivity contribution in [3.63, 3.8) is 0 Å². The normalized spacial score (nSPS) is 16.7. The monoisotopic (exact) mass is 297 g/mol. The van der Waals surface area contributed by atoms with E-state index < -0.39 is 0 Å². The summed E-state index contributed by atoms with van der Waals surface area (Å²) in [7, 11) is 0. The van der Waals surface area contributed by atoms with Gasteiger partial charge in [0.15, 0.2) is 0 Å². The molecule has 0 radical (unpaired) electrons. The van der Waals surface area contributed by atoms with E-state index in [-0.39, 0.29) is 0 Å². The summed E-state index contributed by atoms with van der Waals surface area (Å²) in [5, 5.41) is 5.30. The van der Waals surface area contributed by atoms with Gasteiger partial charge in [0.05, 0.1) is 4.24 Å². The van der Waals surface area contributed by atoms with Gasteiger partial charge in [-0.25, -0.2) is 0 Å². The van der Waals surface area contributed by atoms with Crippen LogP contribution in [-0.4, -0.2) is 0 Å². The molecule has 3 rings (SSSR count). The van der Waals surface area contributed by atoms with E-state index >= 15 is 0 Å². The van der Waals surface area contributed by atoms with Crippen molar-refractivity contribution in [3.05, 3.63) is 86.3 Å². The highest BCUT2D eigenvalue weighted by Crippen LogP contribution is 2.51. The fraction of sp³-hybridized carbons (Fsp3) is 0. The molecule has 0 aromatic heterocycles. The lowest BCUT2D eigenvalue weighted by molar-refractivity contribution is 1.49. The van der Waals surface area contributed by atoms with Crippen molar-refractivity contribution >= 4 is 34.1 Å². The Balaban J connectivity index is 1.90. The first-order valence-corrected chi connectivity index (χ1v) is 7.81. The highest BCUT2D eigenvalue weighted by atomic mass is 32.2. The van der Waals surface area contributed by atoms with Crippen LogP contribution >= 0.6 is 23.5 Å². The van der Waals surface area contributed by atoms with Crippen molar-refractivity contribution in [2.24, 2.45) is 5.18 Å². The fourth-order valence-electron chi connectivity index (χ4n) is 1.89. The molecule has 20 heavy (non-hydrogen) atoms. The van der Waals surface area contributed by atoms with E-state index in [2.05, 4.69) is 22.7 Å². The van der Waals surface area contributed by atoms with Crippen LogP contribution in [0.15, 0.2) is 75.5 Å². The second-order valence-electron chi connectivity index (χ2n) is 4.16. The van der Waals surface area contributed by atoms with Gasteiger partial charge < -0.3 is 0 Å². The molecule has 2 aromatic carbocycles. The minimum atomic E-state index is 0.516. The number of nitrogens with zero attached hydrogens (tertiary/aromatic N) is 1. The summed E-state index contributed by atoms with van der Waals surface area (Å²) >= 11 is 3.16. The number of benzene rings is 2. The summed E-state index contributed by atoms with van der Waals surface area (Å²) in [5.41, 5.74) is 2.54. The molecular weight excluding hydrogens is 286 g/mol. The van der Waals surface area contributed by atoms with Crippen LogP contribution in [0.5, 0.6) is 0 Å². The van der Waals surface area contributed by atoms with Gasteiger partial charge in [0.25, 0.3) is 0 Å². The third kappa shape index (κ3) is 2.71. The van der Waals surface area contributed by atoms with Crippen molar-refractivity contribution in [1.29, 1.82) is 0 Å². The molecule has 0 amide bonds. The molecule has 1 aliphatic heterocycles. The van der Waals surface area contributed by atoms with Crippen LogP contribution in [0.25, 0.3) is 10.6 Å². The Hall–Kier alpha value is -1.78. The number of rotatable bonds is 3. The maximum Gasteiger partial charge on any atom is 0.135 e. The predicted octanol–water partition coefficient (Wildman–Crippen LogP) is 5.56. The van der Waals surface area contributed by atoms with Crippen LogP contribution in [0.1, 0.15) is 11.1 Å². The average Bonchev–Trinajstić information content (AvgIpc) is 3.00. The number of hydrogen-bond donors (Lipinski definition) is 0. The molecule has 0 aliphatic carbocycles. The van der Waals surface area contributed by atoms with Gasteiger partial charge in [0, 0.05) is 10.5 Å². The third-order valence-corrected chi connectivity index (χ3v) is 5.27. The number of hydrogen-bond acceptors (Lipinski definition) is 4. The fourth-order valence-corrected chi connectivity index (χ4v) is 4.16. The van der Waals surface area contributed by atoms with E-state index in [1.165, 1.54) is 5.56 Å². The van der Waals surface area contributed by atoms with E-state index in [1.807, 2.05) is 48.5 Å². The molecule has 0 fully saturated rings. The van der Waals surface area contributed by atoms with E-state index in [9.17, 15) is 4.91 Å². The first kappa shape index (κ1) is 13.2. The minimum Gasteiger partial charge on any atom is -0.145 e. The van der Waals surface area contributed by atoms with Crippen molar-refractivity contribution in [2.45, 2.75) is 0 Å². The molecule has 4 heteroatoms. The lowest BCUT2D eigenvalue weighted by atomic mass is 10.2. The minimum absolute atomic E-state index is 0.516. The maximum absolute atomic E-state index is 11.2. The summed E-state index contributed by atoms with van der Waals surface area (Å²) < 4.78 is 0.935. The van der Waals surface area contributed by atoms with E-state index in [0.29, 0.717) is 5.70 Å². The van der Waals surface area contributed by atoms with Crippen LogP contribution < -0.4 is 0 Å². The second kappa shape index (κ2) is 6.11. The van der Waals surface area contributed by atoms with E-state index in [1.54, 1.807) is 23.5 Å². The molecular formula is C16H11NOS2. The zero-order valence-electron chi connectivity index (χ0n) is 10.5. The van der Waals surface area contributed by atoms with Crippen molar-refractivity contribution < 1.29 is 0 Å².